The van der Waals surface area contributed by atoms with Gasteiger partial charge in [0.25, 0.3) is 0 Å². The normalized spacial score (nSPS) is 35.0. The van der Waals surface area contributed by atoms with Gasteiger partial charge in [-0.1, -0.05) is 25.7 Å². The summed E-state index contributed by atoms with van der Waals surface area (Å²) >= 11 is 1.77. The first-order valence-electron chi connectivity index (χ1n) is 6.87. The molecule has 4 heteroatoms. The second-order valence-corrected chi connectivity index (χ2v) is 6.49. The molecule has 0 radical (unpaired) electrons. The lowest BCUT2D eigenvalue weighted by atomic mass is 10.1. The Morgan fingerprint density at radius 2 is 1.82 bits per heavy atom. The van der Waals surface area contributed by atoms with Gasteiger partial charge < -0.3 is 10.4 Å². The summed E-state index contributed by atoms with van der Waals surface area (Å²) in [5.74, 6) is 1.26. The number of thioether (sulfide) groups is 1. The van der Waals surface area contributed by atoms with Crippen LogP contribution in [0.5, 0.6) is 0 Å². The van der Waals surface area contributed by atoms with Crippen molar-refractivity contribution in [2.75, 3.05) is 5.75 Å². The molecule has 0 aromatic heterocycles. The van der Waals surface area contributed by atoms with Crippen LogP contribution in [0.2, 0.25) is 0 Å². The minimum absolute atomic E-state index is 0.00692. The average molecular weight is 257 g/mol. The number of carbonyl (C=O) groups is 1. The maximum absolute atomic E-state index is 12.1. The maximum atomic E-state index is 12.1. The van der Waals surface area contributed by atoms with E-state index in [1.165, 1.54) is 12.8 Å². The van der Waals surface area contributed by atoms with Crippen LogP contribution in [0.25, 0.3) is 0 Å². The third-order valence-corrected chi connectivity index (χ3v) is 5.16. The van der Waals surface area contributed by atoms with Crippen molar-refractivity contribution >= 4 is 17.7 Å². The number of aliphatic hydroxyl groups excluding tert-OH is 1. The van der Waals surface area contributed by atoms with Crippen molar-refractivity contribution in [3.8, 4) is 0 Å². The Kier molecular flexibility index (Phi) is 5.16. The van der Waals surface area contributed by atoms with Crippen LogP contribution < -0.4 is 5.32 Å². The quantitative estimate of drug-likeness (QED) is 0.745. The molecule has 1 heterocycles. The lowest BCUT2D eigenvalue weighted by molar-refractivity contribution is -0.122. The highest BCUT2D eigenvalue weighted by atomic mass is 32.2. The van der Waals surface area contributed by atoms with Gasteiger partial charge in [-0.15, -0.1) is 11.8 Å². The predicted molar refractivity (Wildman–Crippen MR) is 71.1 cm³/mol. The van der Waals surface area contributed by atoms with E-state index in [-0.39, 0.29) is 23.3 Å². The van der Waals surface area contributed by atoms with Gasteiger partial charge in [-0.25, -0.2) is 0 Å². The maximum Gasteiger partial charge on any atom is 0.233 e. The molecule has 2 N–H and O–H groups in total. The van der Waals surface area contributed by atoms with Gasteiger partial charge in [-0.3, -0.25) is 4.79 Å². The molecule has 1 amide bonds. The Morgan fingerprint density at radius 3 is 2.59 bits per heavy atom. The number of carbonyl (C=O) groups excluding carboxylic acids is 1. The van der Waals surface area contributed by atoms with E-state index in [4.69, 9.17) is 0 Å². The summed E-state index contributed by atoms with van der Waals surface area (Å²) in [4.78, 5) is 12.1. The monoisotopic (exact) mass is 257 g/mol. The minimum atomic E-state index is -0.338. The van der Waals surface area contributed by atoms with Crippen LogP contribution in [0.3, 0.4) is 0 Å². The molecule has 0 aromatic rings. The van der Waals surface area contributed by atoms with Crippen LogP contribution >= 0.6 is 11.8 Å². The average Bonchev–Trinajstić information content (AvgIpc) is 2.56. The highest BCUT2D eigenvalue weighted by Crippen LogP contribution is 2.26. The van der Waals surface area contributed by atoms with E-state index in [0.717, 1.165) is 44.3 Å². The molecule has 1 aliphatic heterocycles. The number of hydrogen-bond acceptors (Lipinski definition) is 3. The van der Waals surface area contributed by atoms with Gasteiger partial charge in [-0.2, -0.15) is 0 Å². The molecule has 3 atom stereocenters. The standard InChI is InChI=1S/C13H23NO2S/c15-11-7-3-1-2-6-10(11)14-13(16)12-8-4-5-9-17-12/h10-12,15H,1-9H2,(H,14,16). The largest absolute Gasteiger partial charge is 0.391 e. The topological polar surface area (TPSA) is 49.3 Å². The second kappa shape index (κ2) is 6.64. The first kappa shape index (κ1) is 13.2. The number of aliphatic hydroxyl groups is 1. The summed E-state index contributed by atoms with van der Waals surface area (Å²) in [7, 11) is 0. The van der Waals surface area contributed by atoms with E-state index in [1.807, 2.05) is 0 Å². The van der Waals surface area contributed by atoms with Crippen molar-refractivity contribution in [1.29, 1.82) is 0 Å². The molecule has 17 heavy (non-hydrogen) atoms. The zero-order valence-corrected chi connectivity index (χ0v) is 11.2. The molecule has 1 aliphatic carbocycles. The van der Waals surface area contributed by atoms with Gasteiger partial charge in [0.2, 0.25) is 5.91 Å². The van der Waals surface area contributed by atoms with E-state index in [1.54, 1.807) is 11.8 Å². The molecule has 1 saturated carbocycles. The fourth-order valence-corrected chi connectivity index (χ4v) is 3.89. The van der Waals surface area contributed by atoms with Crippen LogP contribution in [-0.2, 0) is 4.79 Å². The van der Waals surface area contributed by atoms with Gasteiger partial charge in [0.05, 0.1) is 17.4 Å². The number of hydrogen-bond donors (Lipinski definition) is 2. The van der Waals surface area contributed by atoms with E-state index < -0.39 is 0 Å². The Hall–Kier alpha value is -0.220. The minimum Gasteiger partial charge on any atom is -0.391 e. The van der Waals surface area contributed by atoms with Crippen LogP contribution in [0.4, 0.5) is 0 Å². The van der Waals surface area contributed by atoms with Crippen LogP contribution in [-0.4, -0.2) is 34.2 Å². The Balaban J connectivity index is 1.83. The SMILES string of the molecule is O=C(NC1CCCCCC1O)C1CCCCS1. The molecule has 3 nitrogen and oxygen atoms in total. The van der Waals surface area contributed by atoms with Gasteiger partial charge in [0, 0.05) is 0 Å². The molecule has 2 aliphatic rings. The summed E-state index contributed by atoms with van der Waals surface area (Å²) in [6.45, 7) is 0. The highest BCUT2D eigenvalue weighted by Gasteiger charge is 2.27. The molecule has 1 saturated heterocycles. The Labute approximate surface area is 108 Å². The van der Waals surface area contributed by atoms with Gasteiger partial charge in [-0.05, 0) is 31.4 Å². The van der Waals surface area contributed by atoms with Crippen LogP contribution in [0, 0.1) is 0 Å². The lowest BCUT2D eigenvalue weighted by Crippen LogP contribution is -2.46. The Morgan fingerprint density at radius 1 is 1.06 bits per heavy atom. The third-order valence-electron chi connectivity index (χ3n) is 3.78. The van der Waals surface area contributed by atoms with Gasteiger partial charge >= 0.3 is 0 Å². The Bertz CT molecular complexity index is 254. The fraction of sp³-hybridized carbons (Fsp3) is 0.923. The first-order valence-corrected chi connectivity index (χ1v) is 7.92. The fourth-order valence-electron chi connectivity index (χ4n) is 2.68. The van der Waals surface area contributed by atoms with Crippen molar-refractivity contribution in [1.82, 2.24) is 5.32 Å². The third kappa shape index (κ3) is 3.88. The zero-order valence-electron chi connectivity index (χ0n) is 10.4. The molecule has 0 spiro atoms. The van der Waals surface area contributed by atoms with Crippen molar-refractivity contribution in [2.45, 2.75) is 68.8 Å². The lowest BCUT2D eigenvalue weighted by Gasteiger charge is -2.26. The number of nitrogens with one attached hydrogen (secondary N) is 1. The molecule has 98 valence electrons. The molecule has 2 fully saturated rings. The van der Waals surface area contributed by atoms with Gasteiger partial charge in [0.15, 0.2) is 0 Å². The predicted octanol–water partition coefficient (Wildman–Crippen LogP) is 2.08. The molecule has 2 rings (SSSR count). The number of rotatable bonds is 2. The molecular weight excluding hydrogens is 234 g/mol. The highest BCUT2D eigenvalue weighted by molar-refractivity contribution is 8.00. The van der Waals surface area contributed by atoms with Crippen molar-refractivity contribution in [3.05, 3.63) is 0 Å². The van der Waals surface area contributed by atoms with E-state index in [2.05, 4.69) is 5.32 Å². The van der Waals surface area contributed by atoms with E-state index in [9.17, 15) is 9.90 Å². The molecule has 3 unspecified atom stereocenters. The molecule has 0 aromatic carbocycles. The second-order valence-electron chi connectivity index (χ2n) is 5.18. The molecule has 0 bridgehead atoms. The first-order chi connectivity index (χ1) is 8.27. The van der Waals surface area contributed by atoms with E-state index in [0.29, 0.717) is 0 Å². The summed E-state index contributed by atoms with van der Waals surface area (Å²) in [6, 6.07) is -0.00692. The summed E-state index contributed by atoms with van der Waals surface area (Å²) < 4.78 is 0. The van der Waals surface area contributed by atoms with Crippen molar-refractivity contribution in [2.24, 2.45) is 0 Å². The summed E-state index contributed by atoms with van der Waals surface area (Å²) in [6.07, 6.45) is 8.23. The molecular formula is C13H23NO2S. The van der Waals surface area contributed by atoms with Crippen LogP contribution in [0.15, 0.2) is 0 Å². The smallest absolute Gasteiger partial charge is 0.233 e. The van der Waals surface area contributed by atoms with Gasteiger partial charge in [0.1, 0.15) is 0 Å². The zero-order chi connectivity index (χ0) is 12.1. The van der Waals surface area contributed by atoms with Crippen molar-refractivity contribution < 1.29 is 9.90 Å². The summed E-state index contributed by atoms with van der Waals surface area (Å²) in [5.41, 5.74) is 0. The van der Waals surface area contributed by atoms with E-state index >= 15 is 0 Å². The van der Waals surface area contributed by atoms with Crippen LogP contribution in [0.1, 0.15) is 51.4 Å². The summed E-state index contributed by atoms with van der Waals surface area (Å²) in [5, 5.41) is 13.2. The number of amides is 1. The van der Waals surface area contributed by atoms with Crippen molar-refractivity contribution in [3.63, 3.8) is 0 Å².